The van der Waals surface area contributed by atoms with Gasteiger partial charge < -0.3 is 14.5 Å². The van der Waals surface area contributed by atoms with E-state index < -0.39 is 0 Å². The van der Waals surface area contributed by atoms with Gasteiger partial charge in [-0.25, -0.2) is 0 Å². The molecule has 1 rings (SSSR count). The standard InChI is InChI=1S/C15H32N2O/c1-4-15(5-2)18-14-13-16(3)9-8-12-17-10-6-7-11-17/h15H,4-14H2,1-3H3. The van der Waals surface area contributed by atoms with Gasteiger partial charge in [0, 0.05) is 6.54 Å². The molecule has 18 heavy (non-hydrogen) atoms. The summed E-state index contributed by atoms with van der Waals surface area (Å²) in [5, 5.41) is 0. The molecule has 0 spiro atoms. The zero-order valence-electron chi connectivity index (χ0n) is 12.7. The second-order valence-corrected chi connectivity index (χ2v) is 5.51. The minimum Gasteiger partial charge on any atom is -0.377 e. The Bertz CT molecular complexity index is 181. The molecule has 1 fully saturated rings. The molecule has 0 unspecified atom stereocenters. The van der Waals surface area contributed by atoms with Gasteiger partial charge in [0.25, 0.3) is 0 Å². The van der Waals surface area contributed by atoms with Crippen LogP contribution in [0.1, 0.15) is 46.0 Å². The van der Waals surface area contributed by atoms with Crippen molar-refractivity contribution in [1.29, 1.82) is 0 Å². The van der Waals surface area contributed by atoms with Crippen LogP contribution in [0.2, 0.25) is 0 Å². The third-order valence-corrected chi connectivity index (χ3v) is 3.95. The zero-order valence-corrected chi connectivity index (χ0v) is 12.7. The Balaban J connectivity index is 1.94. The van der Waals surface area contributed by atoms with Crippen molar-refractivity contribution in [2.75, 3.05) is 46.4 Å². The van der Waals surface area contributed by atoms with Crippen molar-refractivity contribution in [3.63, 3.8) is 0 Å². The number of hydrogen-bond donors (Lipinski definition) is 0. The van der Waals surface area contributed by atoms with Gasteiger partial charge >= 0.3 is 0 Å². The summed E-state index contributed by atoms with van der Waals surface area (Å²) in [6, 6.07) is 0. The summed E-state index contributed by atoms with van der Waals surface area (Å²) in [7, 11) is 2.21. The van der Waals surface area contributed by atoms with E-state index in [0.29, 0.717) is 6.10 Å². The van der Waals surface area contributed by atoms with Crippen LogP contribution in [-0.2, 0) is 4.74 Å². The van der Waals surface area contributed by atoms with Crippen molar-refractivity contribution in [3.8, 4) is 0 Å². The largest absolute Gasteiger partial charge is 0.377 e. The lowest BCUT2D eigenvalue weighted by atomic mass is 10.2. The lowest BCUT2D eigenvalue weighted by Gasteiger charge is -2.21. The Hall–Kier alpha value is -0.120. The third-order valence-electron chi connectivity index (χ3n) is 3.95. The fourth-order valence-electron chi connectivity index (χ4n) is 2.58. The molecule has 3 nitrogen and oxygen atoms in total. The van der Waals surface area contributed by atoms with Crippen LogP contribution < -0.4 is 0 Å². The highest BCUT2D eigenvalue weighted by Gasteiger charge is 2.11. The predicted molar refractivity (Wildman–Crippen MR) is 78.1 cm³/mol. The third kappa shape index (κ3) is 6.72. The molecular formula is C15H32N2O. The fraction of sp³-hybridized carbons (Fsp3) is 1.00. The van der Waals surface area contributed by atoms with Crippen LogP contribution in [0.15, 0.2) is 0 Å². The molecule has 3 heteroatoms. The maximum Gasteiger partial charge on any atom is 0.0597 e. The first kappa shape index (κ1) is 15.9. The van der Waals surface area contributed by atoms with Crippen molar-refractivity contribution in [2.45, 2.75) is 52.1 Å². The van der Waals surface area contributed by atoms with Crippen LogP contribution in [-0.4, -0.2) is 62.3 Å². The van der Waals surface area contributed by atoms with E-state index in [0.717, 1.165) is 26.0 Å². The SMILES string of the molecule is CCC(CC)OCCN(C)CCCN1CCCC1. The van der Waals surface area contributed by atoms with Gasteiger partial charge in [0.1, 0.15) is 0 Å². The van der Waals surface area contributed by atoms with Gasteiger partial charge in [0.2, 0.25) is 0 Å². The molecule has 0 atom stereocenters. The molecule has 0 aromatic rings. The molecule has 1 aliphatic heterocycles. The lowest BCUT2D eigenvalue weighted by molar-refractivity contribution is 0.0364. The molecule has 1 aliphatic rings. The summed E-state index contributed by atoms with van der Waals surface area (Å²) in [5.41, 5.74) is 0. The highest BCUT2D eigenvalue weighted by Crippen LogP contribution is 2.07. The minimum absolute atomic E-state index is 0.461. The Labute approximate surface area is 113 Å². The van der Waals surface area contributed by atoms with Crippen LogP contribution in [0.4, 0.5) is 0 Å². The molecular weight excluding hydrogens is 224 g/mol. The van der Waals surface area contributed by atoms with Crippen molar-refractivity contribution in [2.24, 2.45) is 0 Å². The Morgan fingerprint density at radius 3 is 2.39 bits per heavy atom. The molecule has 0 amide bonds. The first-order chi connectivity index (χ1) is 8.76. The molecule has 1 saturated heterocycles. The first-order valence-corrected chi connectivity index (χ1v) is 7.78. The molecule has 0 radical (unpaired) electrons. The number of nitrogens with zero attached hydrogens (tertiary/aromatic N) is 2. The molecule has 0 aromatic heterocycles. The van der Waals surface area contributed by atoms with E-state index in [2.05, 4.69) is 30.7 Å². The summed E-state index contributed by atoms with van der Waals surface area (Å²) in [5.74, 6) is 0. The highest BCUT2D eigenvalue weighted by atomic mass is 16.5. The zero-order chi connectivity index (χ0) is 13.2. The Morgan fingerprint density at radius 2 is 1.78 bits per heavy atom. The maximum absolute atomic E-state index is 5.84. The van der Waals surface area contributed by atoms with Gasteiger partial charge in [-0.05, 0) is 65.3 Å². The number of likely N-dealkylation sites (N-methyl/N-ethyl adjacent to an activating group) is 1. The van der Waals surface area contributed by atoms with Gasteiger partial charge in [-0.3, -0.25) is 0 Å². The van der Waals surface area contributed by atoms with Crippen LogP contribution in [0.5, 0.6) is 0 Å². The van der Waals surface area contributed by atoms with Crippen molar-refractivity contribution in [3.05, 3.63) is 0 Å². The number of ether oxygens (including phenoxy) is 1. The normalized spacial score (nSPS) is 17.2. The summed E-state index contributed by atoms with van der Waals surface area (Å²) in [4.78, 5) is 4.99. The van der Waals surface area contributed by atoms with Crippen molar-refractivity contribution in [1.82, 2.24) is 9.80 Å². The average Bonchev–Trinajstić information content (AvgIpc) is 2.88. The molecule has 1 heterocycles. The molecule has 0 N–H and O–H groups in total. The number of hydrogen-bond acceptors (Lipinski definition) is 3. The summed E-state index contributed by atoms with van der Waals surface area (Å²) in [6.07, 6.45) is 6.83. The van der Waals surface area contributed by atoms with Gasteiger partial charge in [-0.2, -0.15) is 0 Å². The van der Waals surface area contributed by atoms with Crippen LogP contribution in [0.3, 0.4) is 0 Å². The number of rotatable bonds is 10. The van der Waals surface area contributed by atoms with E-state index in [1.54, 1.807) is 0 Å². The molecule has 0 bridgehead atoms. The van der Waals surface area contributed by atoms with Gasteiger partial charge in [0.05, 0.1) is 12.7 Å². The van der Waals surface area contributed by atoms with E-state index >= 15 is 0 Å². The van der Waals surface area contributed by atoms with Gasteiger partial charge in [0.15, 0.2) is 0 Å². The van der Waals surface area contributed by atoms with Crippen LogP contribution in [0, 0.1) is 0 Å². The fourth-order valence-corrected chi connectivity index (χ4v) is 2.58. The first-order valence-electron chi connectivity index (χ1n) is 7.78. The van der Waals surface area contributed by atoms with E-state index in [1.165, 1.54) is 45.4 Å². The Morgan fingerprint density at radius 1 is 1.11 bits per heavy atom. The second-order valence-electron chi connectivity index (χ2n) is 5.51. The van der Waals surface area contributed by atoms with Crippen molar-refractivity contribution >= 4 is 0 Å². The van der Waals surface area contributed by atoms with E-state index in [9.17, 15) is 0 Å². The molecule has 108 valence electrons. The lowest BCUT2D eigenvalue weighted by Crippen LogP contribution is -2.29. The van der Waals surface area contributed by atoms with Crippen LogP contribution in [0.25, 0.3) is 0 Å². The summed E-state index contributed by atoms with van der Waals surface area (Å²) >= 11 is 0. The smallest absolute Gasteiger partial charge is 0.0597 e. The minimum atomic E-state index is 0.461. The van der Waals surface area contributed by atoms with Gasteiger partial charge in [-0.15, -0.1) is 0 Å². The van der Waals surface area contributed by atoms with E-state index in [-0.39, 0.29) is 0 Å². The van der Waals surface area contributed by atoms with E-state index in [4.69, 9.17) is 4.74 Å². The molecule has 0 saturated carbocycles. The predicted octanol–water partition coefficient (Wildman–Crippen LogP) is 2.61. The number of likely N-dealkylation sites (tertiary alicyclic amines) is 1. The van der Waals surface area contributed by atoms with Gasteiger partial charge in [-0.1, -0.05) is 13.8 Å². The molecule has 0 aromatic carbocycles. The topological polar surface area (TPSA) is 15.7 Å². The van der Waals surface area contributed by atoms with E-state index in [1.807, 2.05) is 0 Å². The monoisotopic (exact) mass is 256 g/mol. The molecule has 0 aliphatic carbocycles. The quantitative estimate of drug-likeness (QED) is 0.597. The van der Waals surface area contributed by atoms with Crippen molar-refractivity contribution < 1.29 is 4.74 Å². The maximum atomic E-state index is 5.84. The Kier molecular flexibility index (Phi) is 8.64. The second kappa shape index (κ2) is 9.76. The summed E-state index contributed by atoms with van der Waals surface area (Å²) < 4.78 is 5.84. The average molecular weight is 256 g/mol. The summed E-state index contributed by atoms with van der Waals surface area (Å²) in [6.45, 7) is 11.5. The van der Waals surface area contributed by atoms with Crippen LogP contribution >= 0.6 is 0 Å². The highest BCUT2D eigenvalue weighted by molar-refractivity contribution is 4.66.